The van der Waals surface area contributed by atoms with Crippen LogP contribution in [0.25, 0.3) is 0 Å². The van der Waals surface area contributed by atoms with E-state index in [-0.39, 0.29) is 6.04 Å². The standard InChI is InChI=1S/C8H14F3NS/c1-6(8(9,10)11)12-7-2-4-13-5-3-7/h6-7,12H,2-5H2,1H3. The van der Waals surface area contributed by atoms with Crippen LogP contribution in [0.3, 0.4) is 0 Å². The topological polar surface area (TPSA) is 12.0 Å². The summed E-state index contributed by atoms with van der Waals surface area (Å²) in [7, 11) is 0. The molecule has 1 heterocycles. The molecular weight excluding hydrogens is 199 g/mol. The van der Waals surface area contributed by atoms with Gasteiger partial charge in [0, 0.05) is 6.04 Å². The Morgan fingerprint density at radius 3 is 2.31 bits per heavy atom. The summed E-state index contributed by atoms with van der Waals surface area (Å²) in [6, 6.07) is -1.32. The van der Waals surface area contributed by atoms with Gasteiger partial charge in [-0.1, -0.05) is 0 Å². The normalized spacial score (nSPS) is 23.1. The van der Waals surface area contributed by atoms with Gasteiger partial charge in [0.1, 0.15) is 6.04 Å². The zero-order valence-electron chi connectivity index (χ0n) is 7.53. The van der Waals surface area contributed by atoms with E-state index in [0.29, 0.717) is 0 Å². The fourth-order valence-electron chi connectivity index (χ4n) is 1.31. The molecule has 0 aromatic heterocycles. The lowest BCUT2D eigenvalue weighted by Crippen LogP contribution is -2.46. The number of nitrogens with one attached hydrogen (secondary N) is 1. The number of alkyl halides is 3. The Kier molecular flexibility index (Phi) is 3.91. The Labute approximate surface area is 80.5 Å². The Balaban J connectivity index is 2.30. The van der Waals surface area contributed by atoms with E-state index in [1.54, 1.807) is 0 Å². The quantitative estimate of drug-likeness (QED) is 0.756. The van der Waals surface area contributed by atoms with Crippen LogP contribution < -0.4 is 5.32 Å². The van der Waals surface area contributed by atoms with Crippen molar-refractivity contribution in [3.63, 3.8) is 0 Å². The molecule has 0 saturated carbocycles. The molecule has 1 aliphatic rings. The van der Waals surface area contributed by atoms with Crippen molar-refractivity contribution in [2.24, 2.45) is 0 Å². The molecular formula is C8H14F3NS. The van der Waals surface area contributed by atoms with E-state index >= 15 is 0 Å². The Morgan fingerprint density at radius 2 is 1.85 bits per heavy atom. The highest BCUT2D eigenvalue weighted by molar-refractivity contribution is 7.99. The van der Waals surface area contributed by atoms with Gasteiger partial charge in [-0.3, -0.25) is 0 Å². The summed E-state index contributed by atoms with van der Waals surface area (Å²) in [5.41, 5.74) is 0. The molecule has 1 unspecified atom stereocenters. The van der Waals surface area contributed by atoms with Crippen LogP contribution in [-0.2, 0) is 0 Å². The van der Waals surface area contributed by atoms with Gasteiger partial charge < -0.3 is 5.32 Å². The van der Waals surface area contributed by atoms with Crippen LogP contribution in [0.5, 0.6) is 0 Å². The molecule has 1 nitrogen and oxygen atoms in total. The minimum Gasteiger partial charge on any atom is -0.304 e. The average Bonchev–Trinajstić information content (AvgIpc) is 2.04. The van der Waals surface area contributed by atoms with E-state index in [1.807, 2.05) is 11.8 Å². The summed E-state index contributed by atoms with van der Waals surface area (Å²) in [5, 5.41) is 2.62. The lowest BCUT2D eigenvalue weighted by atomic mass is 10.1. The van der Waals surface area contributed by atoms with Crippen LogP contribution in [0.2, 0.25) is 0 Å². The summed E-state index contributed by atoms with van der Waals surface area (Å²) < 4.78 is 36.4. The third-order valence-electron chi connectivity index (χ3n) is 2.20. The Bertz CT molecular complexity index is 154. The maximum Gasteiger partial charge on any atom is 0.403 e. The number of hydrogen-bond acceptors (Lipinski definition) is 2. The first-order valence-corrected chi connectivity index (χ1v) is 5.56. The molecule has 13 heavy (non-hydrogen) atoms. The van der Waals surface area contributed by atoms with E-state index in [1.165, 1.54) is 6.92 Å². The molecule has 0 spiro atoms. The maximum atomic E-state index is 12.1. The van der Waals surface area contributed by atoms with Gasteiger partial charge in [-0.2, -0.15) is 24.9 Å². The van der Waals surface area contributed by atoms with Crippen LogP contribution in [0.1, 0.15) is 19.8 Å². The predicted octanol–water partition coefficient (Wildman–Crippen LogP) is 2.42. The molecule has 1 fully saturated rings. The van der Waals surface area contributed by atoms with Gasteiger partial charge in [-0.05, 0) is 31.3 Å². The zero-order valence-corrected chi connectivity index (χ0v) is 8.34. The highest BCUT2D eigenvalue weighted by Gasteiger charge is 2.37. The van der Waals surface area contributed by atoms with Crippen molar-refractivity contribution in [3.8, 4) is 0 Å². The maximum absolute atomic E-state index is 12.1. The number of rotatable bonds is 2. The zero-order chi connectivity index (χ0) is 9.90. The lowest BCUT2D eigenvalue weighted by Gasteiger charge is -2.27. The molecule has 0 aliphatic carbocycles. The monoisotopic (exact) mass is 213 g/mol. The predicted molar refractivity (Wildman–Crippen MR) is 49.0 cm³/mol. The Morgan fingerprint density at radius 1 is 1.31 bits per heavy atom. The van der Waals surface area contributed by atoms with E-state index in [2.05, 4.69) is 5.32 Å². The Hall–Kier alpha value is 0.100. The van der Waals surface area contributed by atoms with E-state index in [0.717, 1.165) is 24.3 Å². The number of halogens is 3. The van der Waals surface area contributed by atoms with Gasteiger partial charge in [0.05, 0.1) is 0 Å². The van der Waals surface area contributed by atoms with Crippen molar-refractivity contribution >= 4 is 11.8 Å². The second-order valence-corrected chi connectivity index (χ2v) is 4.54. The van der Waals surface area contributed by atoms with Crippen LogP contribution in [0.4, 0.5) is 13.2 Å². The highest BCUT2D eigenvalue weighted by Crippen LogP contribution is 2.23. The molecule has 78 valence electrons. The average molecular weight is 213 g/mol. The second kappa shape index (κ2) is 4.55. The summed E-state index contributed by atoms with van der Waals surface area (Å²) in [6.45, 7) is 1.18. The fraction of sp³-hybridized carbons (Fsp3) is 1.00. The molecule has 1 aliphatic heterocycles. The van der Waals surface area contributed by atoms with Gasteiger partial charge in [0.2, 0.25) is 0 Å². The van der Waals surface area contributed by atoms with Crippen LogP contribution in [-0.4, -0.2) is 29.8 Å². The second-order valence-electron chi connectivity index (χ2n) is 3.32. The first-order chi connectivity index (χ1) is 6.00. The number of hydrogen-bond donors (Lipinski definition) is 1. The summed E-state index contributed by atoms with van der Waals surface area (Å²) in [5.74, 6) is 1.95. The first kappa shape index (κ1) is 11.2. The summed E-state index contributed by atoms with van der Waals surface area (Å²) >= 11 is 1.81. The van der Waals surface area contributed by atoms with Crippen molar-refractivity contribution < 1.29 is 13.2 Å². The van der Waals surface area contributed by atoms with Gasteiger partial charge in [0.15, 0.2) is 0 Å². The van der Waals surface area contributed by atoms with Crippen LogP contribution in [0.15, 0.2) is 0 Å². The summed E-state index contributed by atoms with van der Waals surface area (Å²) in [4.78, 5) is 0. The molecule has 0 aromatic carbocycles. The molecule has 1 atom stereocenters. The van der Waals surface area contributed by atoms with Crippen LogP contribution >= 0.6 is 11.8 Å². The SMILES string of the molecule is CC(NC1CCSCC1)C(F)(F)F. The molecule has 0 bridgehead atoms. The molecule has 0 aromatic rings. The van der Waals surface area contributed by atoms with Gasteiger partial charge in [0.25, 0.3) is 0 Å². The van der Waals surface area contributed by atoms with Crippen LogP contribution in [0, 0.1) is 0 Å². The third kappa shape index (κ3) is 3.77. The minimum absolute atomic E-state index is 0.0536. The van der Waals surface area contributed by atoms with Gasteiger partial charge in [-0.25, -0.2) is 0 Å². The third-order valence-corrected chi connectivity index (χ3v) is 3.25. The van der Waals surface area contributed by atoms with Crippen molar-refractivity contribution in [1.82, 2.24) is 5.32 Å². The highest BCUT2D eigenvalue weighted by atomic mass is 32.2. The minimum atomic E-state index is -4.11. The molecule has 1 N–H and O–H groups in total. The van der Waals surface area contributed by atoms with Crippen molar-refractivity contribution in [1.29, 1.82) is 0 Å². The fourth-order valence-corrected chi connectivity index (χ4v) is 2.42. The number of thioether (sulfide) groups is 1. The molecule has 1 rings (SSSR count). The van der Waals surface area contributed by atoms with E-state index < -0.39 is 12.2 Å². The van der Waals surface area contributed by atoms with Gasteiger partial charge in [-0.15, -0.1) is 0 Å². The molecule has 5 heteroatoms. The molecule has 1 saturated heterocycles. The van der Waals surface area contributed by atoms with E-state index in [4.69, 9.17) is 0 Å². The van der Waals surface area contributed by atoms with Crippen molar-refractivity contribution in [2.75, 3.05) is 11.5 Å². The molecule has 0 amide bonds. The van der Waals surface area contributed by atoms with E-state index in [9.17, 15) is 13.2 Å². The van der Waals surface area contributed by atoms with Gasteiger partial charge >= 0.3 is 6.18 Å². The smallest absolute Gasteiger partial charge is 0.304 e. The largest absolute Gasteiger partial charge is 0.403 e. The lowest BCUT2D eigenvalue weighted by molar-refractivity contribution is -0.153. The molecule has 0 radical (unpaired) electrons. The van der Waals surface area contributed by atoms with Crippen molar-refractivity contribution in [3.05, 3.63) is 0 Å². The summed E-state index contributed by atoms with van der Waals surface area (Å²) in [6.07, 6.45) is -2.40. The first-order valence-electron chi connectivity index (χ1n) is 4.40. The van der Waals surface area contributed by atoms with Crippen molar-refractivity contribution in [2.45, 2.75) is 38.0 Å².